The van der Waals surface area contributed by atoms with Crippen LogP contribution in [0.15, 0.2) is 0 Å². The lowest BCUT2D eigenvalue weighted by Gasteiger charge is -2.04. The fraction of sp³-hybridized carbons (Fsp3) is 0.800. The van der Waals surface area contributed by atoms with E-state index in [1.807, 2.05) is 0 Å². The minimum atomic E-state index is -3.29. The molecule has 0 spiro atoms. The zero-order valence-electron chi connectivity index (χ0n) is 6.12. The number of hydrogen-bond acceptors (Lipinski definition) is 4. The van der Waals surface area contributed by atoms with Crippen molar-refractivity contribution in [3.8, 4) is 0 Å². The molecule has 0 rings (SSSR count). The number of carbonyl (C=O) groups excluding carboxylic acids is 1. The molecule has 0 heterocycles. The van der Waals surface area contributed by atoms with Crippen molar-refractivity contribution in [1.82, 2.24) is 0 Å². The Morgan fingerprint density at radius 3 is 2.00 bits per heavy atom. The number of sulfone groups is 1. The molecule has 1 atom stereocenters. The summed E-state index contributed by atoms with van der Waals surface area (Å²) < 4.78 is 25.5. The summed E-state index contributed by atoms with van der Waals surface area (Å²) in [6.07, 6.45) is 0.995. The van der Waals surface area contributed by atoms with E-state index in [9.17, 15) is 13.2 Å². The molecule has 0 aromatic heterocycles. The first-order valence-electron chi connectivity index (χ1n) is 2.66. The minimum absolute atomic E-state index is 0.720. The second-order valence-electron chi connectivity index (χ2n) is 1.99. The zero-order chi connectivity index (χ0) is 8.36. The average molecular weight is 166 g/mol. The Balaban J connectivity index is 4.39. The number of carbonyl (C=O) groups is 1. The Bertz CT molecular complexity index is 216. The van der Waals surface area contributed by atoms with Crippen LogP contribution in [0.3, 0.4) is 0 Å². The highest BCUT2D eigenvalue weighted by Crippen LogP contribution is 1.98. The fourth-order valence-corrected chi connectivity index (χ4v) is 0.787. The van der Waals surface area contributed by atoms with Crippen molar-refractivity contribution in [3.63, 3.8) is 0 Å². The van der Waals surface area contributed by atoms with Crippen molar-refractivity contribution >= 4 is 15.8 Å². The number of ether oxygens (including phenoxy) is 1. The Kier molecular flexibility index (Phi) is 2.83. The fourth-order valence-electron chi connectivity index (χ4n) is 0.341. The molecule has 0 amide bonds. The van der Waals surface area contributed by atoms with E-state index in [2.05, 4.69) is 4.74 Å². The maximum Gasteiger partial charge on any atom is 0.323 e. The van der Waals surface area contributed by atoms with Gasteiger partial charge in [-0.05, 0) is 6.92 Å². The third-order valence-corrected chi connectivity index (χ3v) is 2.65. The van der Waals surface area contributed by atoms with Crippen LogP contribution in [-0.2, 0) is 19.4 Å². The van der Waals surface area contributed by atoms with Gasteiger partial charge in [0.2, 0.25) is 0 Å². The third kappa shape index (κ3) is 2.34. The lowest BCUT2D eigenvalue weighted by molar-refractivity contribution is -0.139. The molecule has 0 radical (unpaired) electrons. The van der Waals surface area contributed by atoms with Crippen LogP contribution in [0.4, 0.5) is 0 Å². The van der Waals surface area contributed by atoms with Crippen molar-refractivity contribution in [2.45, 2.75) is 12.2 Å². The van der Waals surface area contributed by atoms with Gasteiger partial charge in [-0.3, -0.25) is 4.79 Å². The van der Waals surface area contributed by atoms with Gasteiger partial charge < -0.3 is 4.74 Å². The molecule has 0 aromatic carbocycles. The third-order valence-electron chi connectivity index (χ3n) is 1.18. The van der Waals surface area contributed by atoms with E-state index in [-0.39, 0.29) is 0 Å². The summed E-state index contributed by atoms with van der Waals surface area (Å²) in [6.45, 7) is 1.29. The van der Waals surface area contributed by atoms with Crippen LogP contribution >= 0.6 is 0 Å². The first kappa shape index (κ1) is 9.42. The predicted octanol–water partition coefficient (Wildman–Crippen LogP) is -0.408. The van der Waals surface area contributed by atoms with Crippen LogP contribution in [0.1, 0.15) is 6.92 Å². The Morgan fingerprint density at radius 1 is 1.50 bits per heavy atom. The van der Waals surface area contributed by atoms with E-state index in [0.29, 0.717) is 0 Å². The van der Waals surface area contributed by atoms with Crippen molar-refractivity contribution in [2.75, 3.05) is 13.4 Å². The van der Waals surface area contributed by atoms with Gasteiger partial charge in [0.1, 0.15) is 0 Å². The maximum absolute atomic E-state index is 10.6. The summed E-state index contributed by atoms with van der Waals surface area (Å²) in [5, 5.41) is -1.06. The molecule has 0 saturated carbocycles. The first-order chi connectivity index (χ1) is 4.39. The average Bonchev–Trinajstić information content (AvgIpc) is 1.83. The standard InChI is InChI=1S/C5H10O4S/c1-4(5(6)9-2)10(3,7)8/h4H,1-3H3/t4-/m0/s1. The molecule has 60 valence electrons. The monoisotopic (exact) mass is 166 g/mol. The van der Waals surface area contributed by atoms with E-state index >= 15 is 0 Å². The summed E-state index contributed by atoms with van der Waals surface area (Å²) in [7, 11) is -2.13. The minimum Gasteiger partial charge on any atom is -0.468 e. The molecule has 0 aromatic rings. The molecule has 0 saturated heterocycles. The van der Waals surface area contributed by atoms with E-state index < -0.39 is 21.1 Å². The van der Waals surface area contributed by atoms with Gasteiger partial charge in [-0.1, -0.05) is 0 Å². The molecule has 4 nitrogen and oxygen atoms in total. The lowest BCUT2D eigenvalue weighted by atomic mass is 10.5. The van der Waals surface area contributed by atoms with E-state index in [1.165, 1.54) is 6.92 Å². The molecule has 0 aliphatic carbocycles. The number of rotatable bonds is 2. The first-order valence-corrected chi connectivity index (χ1v) is 4.61. The van der Waals surface area contributed by atoms with Crippen LogP contribution in [0.25, 0.3) is 0 Å². The van der Waals surface area contributed by atoms with Crippen LogP contribution in [0.5, 0.6) is 0 Å². The van der Waals surface area contributed by atoms with Gasteiger partial charge in [0.25, 0.3) is 0 Å². The summed E-state index contributed by atoms with van der Waals surface area (Å²) in [5.41, 5.74) is 0. The van der Waals surface area contributed by atoms with Gasteiger partial charge in [-0.15, -0.1) is 0 Å². The molecule has 5 heteroatoms. The zero-order valence-corrected chi connectivity index (χ0v) is 6.94. The lowest BCUT2D eigenvalue weighted by Crippen LogP contribution is -2.27. The van der Waals surface area contributed by atoms with Gasteiger partial charge in [0.15, 0.2) is 15.1 Å². The molecule has 0 N–H and O–H groups in total. The predicted molar refractivity (Wildman–Crippen MR) is 36.3 cm³/mol. The summed E-state index contributed by atoms with van der Waals surface area (Å²) in [6, 6.07) is 0. The number of hydrogen-bond donors (Lipinski definition) is 0. The molecule has 0 bridgehead atoms. The Hall–Kier alpha value is -0.580. The van der Waals surface area contributed by atoms with Gasteiger partial charge >= 0.3 is 5.97 Å². The highest BCUT2D eigenvalue weighted by molar-refractivity contribution is 7.92. The molecule has 0 fully saturated rings. The second kappa shape index (κ2) is 3.01. The SMILES string of the molecule is COC(=O)[C@H](C)S(C)(=O)=O. The van der Waals surface area contributed by atoms with E-state index in [1.54, 1.807) is 0 Å². The van der Waals surface area contributed by atoms with Crippen LogP contribution in [-0.4, -0.2) is 33.0 Å². The molecule has 0 unspecified atom stereocenters. The van der Waals surface area contributed by atoms with Gasteiger partial charge in [-0.2, -0.15) is 0 Å². The summed E-state index contributed by atoms with van der Waals surface area (Å²) in [5.74, 6) is -0.720. The molecular formula is C5H10O4S. The highest BCUT2D eigenvalue weighted by atomic mass is 32.2. The van der Waals surface area contributed by atoms with E-state index in [0.717, 1.165) is 13.4 Å². The smallest absolute Gasteiger partial charge is 0.323 e. The van der Waals surface area contributed by atoms with Gasteiger partial charge in [0, 0.05) is 6.26 Å². The molecule has 0 aliphatic heterocycles. The number of methoxy groups -OCH3 is 1. The van der Waals surface area contributed by atoms with Gasteiger partial charge in [0.05, 0.1) is 7.11 Å². The quantitative estimate of drug-likeness (QED) is 0.523. The second-order valence-corrected chi connectivity index (χ2v) is 4.36. The largest absolute Gasteiger partial charge is 0.468 e. The molecular weight excluding hydrogens is 156 g/mol. The van der Waals surface area contributed by atoms with E-state index in [4.69, 9.17) is 0 Å². The van der Waals surface area contributed by atoms with Crippen LogP contribution < -0.4 is 0 Å². The summed E-state index contributed by atoms with van der Waals surface area (Å²) >= 11 is 0. The van der Waals surface area contributed by atoms with Crippen molar-refractivity contribution < 1.29 is 17.9 Å². The molecule has 10 heavy (non-hydrogen) atoms. The van der Waals surface area contributed by atoms with Gasteiger partial charge in [-0.25, -0.2) is 8.42 Å². The van der Waals surface area contributed by atoms with Crippen LogP contribution in [0, 0.1) is 0 Å². The van der Waals surface area contributed by atoms with Crippen molar-refractivity contribution in [1.29, 1.82) is 0 Å². The van der Waals surface area contributed by atoms with Crippen molar-refractivity contribution in [2.24, 2.45) is 0 Å². The highest BCUT2D eigenvalue weighted by Gasteiger charge is 2.23. The summed E-state index contributed by atoms with van der Waals surface area (Å²) in [4.78, 5) is 10.6. The van der Waals surface area contributed by atoms with Crippen molar-refractivity contribution in [3.05, 3.63) is 0 Å². The molecule has 0 aliphatic rings. The Morgan fingerprint density at radius 2 is 1.90 bits per heavy atom. The normalized spacial score (nSPS) is 14.3. The van der Waals surface area contributed by atoms with Crippen LogP contribution in [0.2, 0.25) is 0 Å². The maximum atomic E-state index is 10.6. The topological polar surface area (TPSA) is 60.4 Å². The number of esters is 1. The Labute approximate surface area is 60.1 Å².